The number of pyridine rings is 1. The number of rotatable bonds is 3. The molecule has 19 heavy (non-hydrogen) atoms. The number of carbonyl (C=O) groups excluding carboxylic acids is 1. The van der Waals surface area contributed by atoms with E-state index in [2.05, 4.69) is 10.3 Å². The summed E-state index contributed by atoms with van der Waals surface area (Å²) in [5.74, 6) is -0.451. The Morgan fingerprint density at radius 1 is 1.26 bits per heavy atom. The average Bonchev–Trinajstić information content (AvgIpc) is 2.42. The van der Waals surface area contributed by atoms with E-state index in [9.17, 15) is 9.18 Å². The van der Waals surface area contributed by atoms with Gasteiger partial charge in [-0.25, -0.2) is 9.18 Å². The Morgan fingerprint density at radius 2 is 1.95 bits per heavy atom. The molecule has 98 valence electrons. The number of urea groups is 1. The standard InChI is InChI=1S/C14H14FN3O/c1-18(10-11-6-8-16-9-7-11)14(19)17-13-5-3-2-4-12(13)15/h2-9H,10H2,1H3,(H,17,19). The first kappa shape index (κ1) is 13.0. The third-order valence-corrected chi connectivity index (χ3v) is 2.63. The van der Waals surface area contributed by atoms with Crippen molar-refractivity contribution in [2.75, 3.05) is 12.4 Å². The molecule has 0 spiro atoms. The number of halogens is 1. The Balaban J connectivity index is 1.99. The molecule has 1 heterocycles. The normalized spacial score (nSPS) is 10.0. The van der Waals surface area contributed by atoms with Crippen molar-refractivity contribution in [3.8, 4) is 0 Å². The van der Waals surface area contributed by atoms with Gasteiger partial charge in [-0.3, -0.25) is 4.98 Å². The number of hydrogen-bond donors (Lipinski definition) is 1. The van der Waals surface area contributed by atoms with Crippen LogP contribution >= 0.6 is 0 Å². The van der Waals surface area contributed by atoms with E-state index in [-0.39, 0.29) is 11.7 Å². The zero-order valence-electron chi connectivity index (χ0n) is 10.5. The Hall–Kier alpha value is -2.43. The minimum Gasteiger partial charge on any atom is -0.323 e. The first-order valence-corrected chi connectivity index (χ1v) is 5.82. The van der Waals surface area contributed by atoms with E-state index < -0.39 is 5.82 Å². The molecule has 0 radical (unpaired) electrons. The fourth-order valence-electron chi connectivity index (χ4n) is 1.61. The maximum atomic E-state index is 13.4. The highest BCUT2D eigenvalue weighted by Crippen LogP contribution is 2.13. The fraction of sp³-hybridized carbons (Fsp3) is 0.143. The molecule has 0 bridgehead atoms. The molecule has 0 aliphatic carbocycles. The summed E-state index contributed by atoms with van der Waals surface area (Å²) in [7, 11) is 1.65. The molecule has 0 aliphatic rings. The summed E-state index contributed by atoms with van der Waals surface area (Å²) in [5.41, 5.74) is 1.13. The number of amides is 2. The summed E-state index contributed by atoms with van der Waals surface area (Å²) in [6, 6.07) is 9.36. The zero-order valence-corrected chi connectivity index (χ0v) is 10.5. The zero-order chi connectivity index (χ0) is 13.7. The van der Waals surface area contributed by atoms with Crippen LogP contribution in [0.1, 0.15) is 5.56 Å². The summed E-state index contributed by atoms with van der Waals surface area (Å²) in [4.78, 5) is 17.3. The summed E-state index contributed by atoms with van der Waals surface area (Å²) >= 11 is 0. The third kappa shape index (κ3) is 3.51. The van der Waals surface area contributed by atoms with E-state index in [0.29, 0.717) is 6.54 Å². The highest BCUT2D eigenvalue weighted by molar-refractivity contribution is 5.89. The van der Waals surface area contributed by atoms with Gasteiger partial charge in [0.2, 0.25) is 0 Å². The number of para-hydroxylation sites is 1. The van der Waals surface area contributed by atoms with Gasteiger partial charge < -0.3 is 10.2 Å². The number of carbonyl (C=O) groups is 1. The summed E-state index contributed by atoms with van der Waals surface area (Å²) < 4.78 is 13.4. The molecule has 0 atom stereocenters. The highest BCUT2D eigenvalue weighted by atomic mass is 19.1. The number of anilines is 1. The van der Waals surface area contributed by atoms with Gasteiger partial charge in [0.1, 0.15) is 5.82 Å². The smallest absolute Gasteiger partial charge is 0.321 e. The van der Waals surface area contributed by atoms with Crippen molar-refractivity contribution in [3.05, 3.63) is 60.2 Å². The molecule has 1 aromatic heterocycles. The molecule has 1 N–H and O–H groups in total. The Bertz CT molecular complexity index is 560. The van der Waals surface area contributed by atoms with Crippen LogP contribution in [0, 0.1) is 5.82 Å². The first-order chi connectivity index (χ1) is 9.16. The van der Waals surface area contributed by atoms with Crippen LogP contribution in [0.2, 0.25) is 0 Å². The number of hydrogen-bond acceptors (Lipinski definition) is 2. The van der Waals surface area contributed by atoms with E-state index in [1.165, 1.54) is 17.0 Å². The second kappa shape index (κ2) is 5.95. The van der Waals surface area contributed by atoms with E-state index in [4.69, 9.17) is 0 Å². The Morgan fingerprint density at radius 3 is 2.63 bits per heavy atom. The van der Waals surface area contributed by atoms with E-state index in [1.807, 2.05) is 12.1 Å². The van der Waals surface area contributed by atoms with Crippen molar-refractivity contribution < 1.29 is 9.18 Å². The maximum Gasteiger partial charge on any atom is 0.321 e. The van der Waals surface area contributed by atoms with Crippen molar-refractivity contribution in [2.45, 2.75) is 6.54 Å². The van der Waals surface area contributed by atoms with Crippen molar-refractivity contribution in [1.82, 2.24) is 9.88 Å². The van der Waals surface area contributed by atoms with Crippen LogP contribution in [0.15, 0.2) is 48.8 Å². The molecule has 5 heteroatoms. The quantitative estimate of drug-likeness (QED) is 0.921. The highest BCUT2D eigenvalue weighted by Gasteiger charge is 2.11. The predicted molar refractivity (Wildman–Crippen MR) is 71.1 cm³/mol. The molecular formula is C14H14FN3O. The van der Waals surface area contributed by atoms with Crippen molar-refractivity contribution in [2.24, 2.45) is 0 Å². The van der Waals surface area contributed by atoms with Gasteiger partial charge in [0, 0.05) is 26.0 Å². The largest absolute Gasteiger partial charge is 0.323 e. The van der Waals surface area contributed by atoms with E-state index in [1.54, 1.807) is 31.6 Å². The van der Waals surface area contributed by atoms with Gasteiger partial charge in [-0.05, 0) is 29.8 Å². The van der Waals surface area contributed by atoms with Gasteiger partial charge in [-0.15, -0.1) is 0 Å². The van der Waals surface area contributed by atoms with Gasteiger partial charge in [0.25, 0.3) is 0 Å². The van der Waals surface area contributed by atoms with Crippen LogP contribution in [0.5, 0.6) is 0 Å². The fourth-order valence-corrected chi connectivity index (χ4v) is 1.61. The molecule has 0 saturated heterocycles. The monoisotopic (exact) mass is 259 g/mol. The Labute approximate surface area is 110 Å². The van der Waals surface area contributed by atoms with Crippen LogP contribution in [-0.4, -0.2) is 23.0 Å². The van der Waals surface area contributed by atoms with Crippen molar-refractivity contribution in [1.29, 1.82) is 0 Å². The second-order valence-electron chi connectivity index (χ2n) is 4.12. The SMILES string of the molecule is CN(Cc1ccncc1)C(=O)Nc1ccccc1F. The number of aromatic nitrogens is 1. The van der Waals surface area contributed by atoms with Crippen LogP contribution in [0.4, 0.5) is 14.9 Å². The molecule has 2 rings (SSSR count). The summed E-state index contributed by atoms with van der Waals surface area (Å²) in [6.07, 6.45) is 3.33. The van der Waals surface area contributed by atoms with Crippen LogP contribution in [0.3, 0.4) is 0 Å². The summed E-state index contributed by atoms with van der Waals surface area (Å²) in [6.45, 7) is 0.433. The second-order valence-corrected chi connectivity index (χ2v) is 4.12. The molecule has 0 fully saturated rings. The molecular weight excluding hydrogens is 245 g/mol. The number of benzene rings is 1. The molecule has 2 aromatic rings. The maximum absolute atomic E-state index is 13.4. The minimum atomic E-state index is -0.451. The minimum absolute atomic E-state index is 0.175. The number of nitrogens with one attached hydrogen (secondary N) is 1. The first-order valence-electron chi connectivity index (χ1n) is 5.82. The van der Waals surface area contributed by atoms with E-state index >= 15 is 0 Å². The molecule has 0 aliphatic heterocycles. The van der Waals surface area contributed by atoms with Crippen LogP contribution in [-0.2, 0) is 6.54 Å². The third-order valence-electron chi connectivity index (χ3n) is 2.63. The lowest BCUT2D eigenvalue weighted by Gasteiger charge is -2.18. The molecule has 1 aromatic carbocycles. The lowest BCUT2D eigenvalue weighted by Crippen LogP contribution is -2.31. The molecule has 0 saturated carbocycles. The van der Waals surface area contributed by atoms with Gasteiger partial charge in [-0.1, -0.05) is 12.1 Å². The molecule has 4 nitrogen and oxygen atoms in total. The van der Waals surface area contributed by atoms with Crippen LogP contribution < -0.4 is 5.32 Å². The number of nitrogens with zero attached hydrogens (tertiary/aromatic N) is 2. The van der Waals surface area contributed by atoms with Gasteiger partial charge in [-0.2, -0.15) is 0 Å². The van der Waals surface area contributed by atoms with E-state index in [0.717, 1.165) is 5.56 Å². The van der Waals surface area contributed by atoms with Gasteiger partial charge in [0.05, 0.1) is 5.69 Å². The van der Waals surface area contributed by atoms with Crippen molar-refractivity contribution >= 4 is 11.7 Å². The van der Waals surface area contributed by atoms with Crippen LogP contribution in [0.25, 0.3) is 0 Å². The Kier molecular flexibility index (Phi) is 4.07. The lowest BCUT2D eigenvalue weighted by molar-refractivity contribution is 0.220. The predicted octanol–water partition coefficient (Wildman–Crippen LogP) is 2.88. The van der Waals surface area contributed by atoms with Crippen molar-refractivity contribution in [3.63, 3.8) is 0 Å². The average molecular weight is 259 g/mol. The topological polar surface area (TPSA) is 45.2 Å². The van der Waals surface area contributed by atoms with Gasteiger partial charge in [0.15, 0.2) is 0 Å². The lowest BCUT2D eigenvalue weighted by atomic mass is 10.2. The summed E-state index contributed by atoms with van der Waals surface area (Å²) in [5, 5.41) is 2.53. The molecule has 0 unspecified atom stereocenters. The van der Waals surface area contributed by atoms with Gasteiger partial charge >= 0.3 is 6.03 Å². The molecule has 2 amide bonds.